The molecular formula is C28H32N4O4S2. The van der Waals surface area contributed by atoms with Gasteiger partial charge in [-0.05, 0) is 56.7 Å². The number of nitrogens with zero attached hydrogens (tertiary/aromatic N) is 3. The van der Waals surface area contributed by atoms with Crippen molar-refractivity contribution in [2.24, 2.45) is 0 Å². The number of imidazole rings is 1. The van der Waals surface area contributed by atoms with Crippen LogP contribution in [0, 0.1) is 13.8 Å². The van der Waals surface area contributed by atoms with Crippen molar-refractivity contribution in [2.75, 3.05) is 4.72 Å². The summed E-state index contributed by atoms with van der Waals surface area (Å²) in [6, 6.07) is 9.78. The Morgan fingerprint density at radius 3 is 2.61 bits per heavy atom. The number of nitrogens with one attached hydrogen (secondary N) is 1. The van der Waals surface area contributed by atoms with E-state index in [0.29, 0.717) is 30.7 Å². The van der Waals surface area contributed by atoms with Crippen LogP contribution in [0.5, 0.6) is 0 Å². The smallest absolute Gasteiger partial charge is 0.273 e. The van der Waals surface area contributed by atoms with Crippen LogP contribution in [0.3, 0.4) is 0 Å². The fourth-order valence-electron chi connectivity index (χ4n) is 5.09. The average molecular weight is 553 g/mol. The Morgan fingerprint density at radius 1 is 1.13 bits per heavy atom. The topological polar surface area (TPSA) is 107 Å². The summed E-state index contributed by atoms with van der Waals surface area (Å²) < 4.78 is 37.0. The number of hydrogen-bond donors (Lipinski definition) is 1. The maximum absolute atomic E-state index is 13.4. The highest BCUT2D eigenvalue weighted by Crippen LogP contribution is 2.36. The first kappa shape index (κ1) is 26.4. The number of hydrogen-bond acceptors (Lipinski definition) is 7. The number of rotatable bonds is 9. The van der Waals surface area contributed by atoms with Crippen molar-refractivity contribution < 1.29 is 17.7 Å². The highest BCUT2D eigenvalue weighted by Gasteiger charge is 2.27. The number of benzene rings is 1. The standard InChI is InChI=1S/C28H32N4O4S2/c1-5-8-25-29-23-9-7-10-24(33)26(23)32(25)16-19-11-13-20(14-12-19)22-15-17(3)37-28(22)38(34,35)31-27-21(6-2)18(4)36-30-27/h11-15H,5-10,16H2,1-4H3,(H,30,31). The first-order valence-corrected chi connectivity index (χ1v) is 15.3. The second-order valence-corrected chi connectivity index (χ2v) is 12.9. The number of ketones is 1. The van der Waals surface area contributed by atoms with Crippen LogP contribution in [0.25, 0.3) is 11.1 Å². The average Bonchev–Trinajstić information content (AvgIpc) is 3.55. The van der Waals surface area contributed by atoms with E-state index in [4.69, 9.17) is 9.51 Å². The molecule has 1 aliphatic rings. The highest BCUT2D eigenvalue weighted by atomic mass is 32.2. The van der Waals surface area contributed by atoms with E-state index in [-0.39, 0.29) is 15.8 Å². The zero-order valence-corrected chi connectivity index (χ0v) is 23.8. The molecule has 3 aromatic heterocycles. The maximum atomic E-state index is 13.4. The third-order valence-electron chi connectivity index (χ3n) is 6.91. The molecule has 0 fully saturated rings. The number of aryl methyl sites for hydroxylation is 4. The van der Waals surface area contributed by atoms with Gasteiger partial charge in [-0.25, -0.2) is 13.4 Å². The molecule has 5 rings (SSSR count). The minimum absolute atomic E-state index is 0.169. The zero-order valence-electron chi connectivity index (χ0n) is 22.1. The van der Waals surface area contributed by atoms with E-state index in [1.54, 1.807) is 6.92 Å². The summed E-state index contributed by atoms with van der Waals surface area (Å²) >= 11 is 1.23. The van der Waals surface area contributed by atoms with Gasteiger partial charge in [-0.1, -0.05) is 43.3 Å². The number of carbonyl (C=O) groups is 1. The molecule has 1 aromatic carbocycles. The van der Waals surface area contributed by atoms with Gasteiger partial charge in [0.2, 0.25) is 0 Å². The molecule has 0 atom stereocenters. The van der Waals surface area contributed by atoms with E-state index in [2.05, 4.69) is 21.4 Å². The van der Waals surface area contributed by atoms with Gasteiger partial charge in [0, 0.05) is 35.4 Å². The molecule has 0 aliphatic heterocycles. The van der Waals surface area contributed by atoms with Crippen molar-refractivity contribution in [3.63, 3.8) is 0 Å². The van der Waals surface area contributed by atoms with E-state index in [1.165, 1.54) is 11.3 Å². The number of anilines is 1. The van der Waals surface area contributed by atoms with Crippen molar-refractivity contribution in [3.8, 4) is 11.1 Å². The summed E-state index contributed by atoms with van der Waals surface area (Å²) in [6.45, 7) is 8.27. The molecule has 8 nitrogen and oxygen atoms in total. The molecule has 200 valence electrons. The van der Waals surface area contributed by atoms with E-state index < -0.39 is 10.0 Å². The number of sulfonamides is 1. The summed E-state index contributed by atoms with van der Waals surface area (Å²) in [5.41, 5.74) is 4.91. The van der Waals surface area contributed by atoms with Crippen LogP contribution in [0.4, 0.5) is 5.82 Å². The lowest BCUT2D eigenvalue weighted by atomic mass is 9.99. The van der Waals surface area contributed by atoms with E-state index in [9.17, 15) is 13.2 Å². The van der Waals surface area contributed by atoms with Gasteiger partial charge in [-0.15, -0.1) is 11.3 Å². The Morgan fingerprint density at radius 2 is 1.89 bits per heavy atom. The van der Waals surface area contributed by atoms with Gasteiger partial charge in [-0.2, -0.15) is 0 Å². The largest absolute Gasteiger partial charge is 0.359 e. The van der Waals surface area contributed by atoms with Gasteiger partial charge in [-0.3, -0.25) is 9.52 Å². The molecule has 3 heterocycles. The molecule has 0 bridgehead atoms. The second-order valence-electron chi connectivity index (χ2n) is 9.72. The fourth-order valence-corrected chi connectivity index (χ4v) is 7.77. The maximum Gasteiger partial charge on any atom is 0.273 e. The first-order valence-electron chi connectivity index (χ1n) is 13.0. The highest BCUT2D eigenvalue weighted by molar-refractivity contribution is 7.94. The summed E-state index contributed by atoms with van der Waals surface area (Å²) in [7, 11) is -3.87. The van der Waals surface area contributed by atoms with Crippen LogP contribution < -0.4 is 4.72 Å². The number of thiophene rings is 1. The lowest BCUT2D eigenvalue weighted by Gasteiger charge is -2.15. The fraction of sp³-hybridized carbons (Fsp3) is 0.393. The van der Waals surface area contributed by atoms with Crippen molar-refractivity contribution in [1.29, 1.82) is 0 Å². The van der Waals surface area contributed by atoms with Gasteiger partial charge in [0.1, 0.15) is 21.5 Å². The summed E-state index contributed by atoms with van der Waals surface area (Å²) in [5.74, 6) is 1.96. The molecule has 4 aromatic rings. The van der Waals surface area contributed by atoms with Crippen LogP contribution >= 0.6 is 11.3 Å². The lowest BCUT2D eigenvalue weighted by Crippen LogP contribution is -2.17. The third-order valence-corrected chi connectivity index (χ3v) is 9.84. The van der Waals surface area contributed by atoms with E-state index in [1.807, 2.05) is 44.2 Å². The van der Waals surface area contributed by atoms with Crippen molar-refractivity contribution in [1.82, 2.24) is 14.7 Å². The molecule has 0 unspecified atom stereocenters. The van der Waals surface area contributed by atoms with Gasteiger partial charge >= 0.3 is 0 Å². The molecule has 1 aliphatic carbocycles. The predicted molar refractivity (Wildman–Crippen MR) is 149 cm³/mol. The minimum atomic E-state index is -3.87. The van der Waals surface area contributed by atoms with Crippen LogP contribution in [0.2, 0.25) is 0 Å². The summed E-state index contributed by atoms with van der Waals surface area (Å²) in [4.78, 5) is 18.4. The molecule has 0 radical (unpaired) electrons. The third kappa shape index (κ3) is 4.94. The van der Waals surface area contributed by atoms with Crippen molar-refractivity contribution >= 4 is 33.0 Å². The molecular weight excluding hydrogens is 520 g/mol. The lowest BCUT2D eigenvalue weighted by molar-refractivity contribution is 0.0963. The molecule has 0 saturated carbocycles. The number of fused-ring (bicyclic) bond motifs is 1. The molecule has 10 heteroatoms. The van der Waals surface area contributed by atoms with Crippen LogP contribution in [0.15, 0.2) is 39.1 Å². The van der Waals surface area contributed by atoms with Gasteiger partial charge in [0.15, 0.2) is 11.6 Å². The normalized spacial score (nSPS) is 13.6. The predicted octanol–water partition coefficient (Wildman–Crippen LogP) is 6.10. The van der Waals surface area contributed by atoms with E-state index in [0.717, 1.165) is 64.5 Å². The quantitative estimate of drug-likeness (QED) is 0.269. The van der Waals surface area contributed by atoms with Gasteiger partial charge < -0.3 is 9.09 Å². The van der Waals surface area contributed by atoms with Crippen LogP contribution in [-0.4, -0.2) is 28.9 Å². The first-order chi connectivity index (χ1) is 18.2. The Labute approximate surface area is 227 Å². The van der Waals surface area contributed by atoms with Crippen molar-refractivity contribution in [2.45, 2.75) is 77.0 Å². The molecule has 0 amide bonds. The van der Waals surface area contributed by atoms with Crippen LogP contribution in [0.1, 0.15) is 76.9 Å². The summed E-state index contributed by atoms with van der Waals surface area (Å²) in [6.07, 6.45) is 4.67. The number of Topliss-reactive ketones (excluding diaryl/α,β-unsaturated/α-hetero) is 1. The van der Waals surface area contributed by atoms with Gasteiger partial charge in [0.05, 0.1) is 5.69 Å². The zero-order chi connectivity index (χ0) is 27.0. The second kappa shape index (κ2) is 10.5. The number of carbonyl (C=O) groups excluding carboxylic acids is 1. The van der Waals surface area contributed by atoms with Crippen LogP contribution in [-0.2, 0) is 35.8 Å². The Hall–Kier alpha value is -3.24. The minimum Gasteiger partial charge on any atom is -0.359 e. The van der Waals surface area contributed by atoms with Gasteiger partial charge in [0.25, 0.3) is 10.0 Å². The molecule has 0 spiro atoms. The molecule has 1 N–H and O–H groups in total. The Balaban J connectivity index is 1.44. The molecule has 38 heavy (non-hydrogen) atoms. The summed E-state index contributed by atoms with van der Waals surface area (Å²) in [5, 5.41) is 3.92. The van der Waals surface area contributed by atoms with Crippen molar-refractivity contribution in [3.05, 3.63) is 69.3 Å². The Bertz CT molecular complexity index is 1590. The monoisotopic (exact) mass is 552 g/mol. The SMILES string of the molecule is CCCc1nc2c(n1Cc1ccc(-c3cc(C)sc3S(=O)(=O)Nc3noc(C)c3CC)cc1)C(=O)CCC2. The number of aromatic nitrogens is 3. The molecule has 0 saturated heterocycles. The van der Waals surface area contributed by atoms with E-state index >= 15 is 0 Å². The Kier molecular flexibility index (Phi) is 7.28.